The van der Waals surface area contributed by atoms with Gasteiger partial charge in [0.2, 0.25) is 0 Å². The lowest BCUT2D eigenvalue weighted by atomic mass is 10.2. The van der Waals surface area contributed by atoms with Crippen LogP contribution in [0.1, 0.15) is 12.7 Å². The monoisotopic (exact) mass is 318 g/mol. The van der Waals surface area contributed by atoms with Crippen LogP contribution in [-0.2, 0) is 6.42 Å². The molecule has 3 aromatic rings. The van der Waals surface area contributed by atoms with E-state index in [-0.39, 0.29) is 0 Å². The molecule has 0 aliphatic heterocycles. The van der Waals surface area contributed by atoms with Gasteiger partial charge >= 0.3 is 0 Å². The van der Waals surface area contributed by atoms with Crippen molar-refractivity contribution in [2.45, 2.75) is 13.3 Å². The van der Waals surface area contributed by atoms with Crippen LogP contribution < -0.4 is 4.74 Å². The lowest BCUT2D eigenvalue weighted by Crippen LogP contribution is -1.95. The van der Waals surface area contributed by atoms with Gasteiger partial charge in [0.15, 0.2) is 0 Å². The van der Waals surface area contributed by atoms with E-state index in [0.29, 0.717) is 21.7 Å². The molecule has 0 unspecified atom stereocenters. The van der Waals surface area contributed by atoms with E-state index < -0.39 is 0 Å². The van der Waals surface area contributed by atoms with Gasteiger partial charge in [-0.3, -0.25) is 0 Å². The molecule has 2 aromatic carbocycles. The van der Waals surface area contributed by atoms with Gasteiger partial charge in [-0.25, -0.2) is 9.97 Å². The van der Waals surface area contributed by atoms with Crippen molar-refractivity contribution in [2.75, 3.05) is 0 Å². The molecule has 0 saturated carbocycles. The van der Waals surface area contributed by atoms with Crippen molar-refractivity contribution >= 4 is 34.1 Å². The summed E-state index contributed by atoms with van der Waals surface area (Å²) >= 11 is 12.1. The normalized spacial score (nSPS) is 10.8. The Morgan fingerprint density at radius 2 is 1.67 bits per heavy atom. The summed E-state index contributed by atoms with van der Waals surface area (Å²) in [6.45, 7) is 2.00. The smallest absolute Gasteiger partial charge is 0.140 e. The molecule has 0 bridgehead atoms. The molecule has 1 heterocycles. The summed E-state index contributed by atoms with van der Waals surface area (Å²) in [5.41, 5.74) is 0.815. The van der Waals surface area contributed by atoms with Gasteiger partial charge in [0.1, 0.15) is 22.5 Å². The molecular weight excluding hydrogens is 307 g/mol. The van der Waals surface area contributed by atoms with E-state index in [2.05, 4.69) is 9.97 Å². The first-order chi connectivity index (χ1) is 10.2. The number of nitrogens with zero attached hydrogens (tertiary/aromatic N) is 2. The van der Waals surface area contributed by atoms with Crippen LogP contribution in [0.2, 0.25) is 10.2 Å². The average Bonchev–Trinajstić information content (AvgIpc) is 2.50. The van der Waals surface area contributed by atoms with E-state index in [1.54, 1.807) is 12.1 Å². The number of fused-ring (bicyclic) bond motifs is 1. The van der Waals surface area contributed by atoms with Crippen molar-refractivity contribution in [3.8, 4) is 11.5 Å². The van der Waals surface area contributed by atoms with Crippen LogP contribution in [0.4, 0.5) is 0 Å². The highest BCUT2D eigenvalue weighted by atomic mass is 35.5. The third kappa shape index (κ3) is 3.09. The van der Waals surface area contributed by atoms with Gasteiger partial charge in [0.05, 0.1) is 5.52 Å². The topological polar surface area (TPSA) is 35.0 Å². The van der Waals surface area contributed by atoms with Gasteiger partial charge in [0, 0.05) is 16.8 Å². The van der Waals surface area contributed by atoms with Gasteiger partial charge < -0.3 is 4.74 Å². The summed E-state index contributed by atoms with van der Waals surface area (Å²) in [7, 11) is 0. The maximum atomic E-state index is 6.21. The fourth-order valence-corrected chi connectivity index (χ4v) is 2.35. The molecule has 0 aliphatic carbocycles. The van der Waals surface area contributed by atoms with Crippen LogP contribution in [0.5, 0.6) is 11.5 Å². The van der Waals surface area contributed by atoms with E-state index in [1.807, 2.05) is 37.3 Å². The fraction of sp³-hybridized carbons (Fsp3) is 0.125. The lowest BCUT2D eigenvalue weighted by molar-refractivity contribution is 0.483. The molecule has 3 rings (SSSR count). The molecule has 0 N–H and O–H groups in total. The molecule has 106 valence electrons. The van der Waals surface area contributed by atoms with Gasteiger partial charge in [-0.05, 0) is 42.5 Å². The number of hydrogen-bond donors (Lipinski definition) is 0. The van der Waals surface area contributed by atoms with Gasteiger partial charge in [0.25, 0.3) is 0 Å². The average molecular weight is 319 g/mol. The van der Waals surface area contributed by atoms with Crippen molar-refractivity contribution in [3.05, 3.63) is 58.5 Å². The number of aromatic nitrogens is 2. The quantitative estimate of drug-likeness (QED) is 0.615. The van der Waals surface area contributed by atoms with Crippen molar-refractivity contribution in [2.24, 2.45) is 0 Å². The Labute approximate surface area is 132 Å². The van der Waals surface area contributed by atoms with E-state index in [1.165, 1.54) is 0 Å². The number of ether oxygens (including phenoxy) is 1. The van der Waals surface area contributed by atoms with Crippen LogP contribution in [0.3, 0.4) is 0 Å². The summed E-state index contributed by atoms with van der Waals surface area (Å²) in [6, 6.07) is 12.8. The molecule has 1 aromatic heterocycles. The van der Waals surface area contributed by atoms with Crippen LogP contribution in [0.25, 0.3) is 10.9 Å². The van der Waals surface area contributed by atoms with Crippen molar-refractivity contribution in [1.29, 1.82) is 0 Å². The second kappa shape index (κ2) is 5.88. The van der Waals surface area contributed by atoms with E-state index in [0.717, 1.165) is 23.1 Å². The van der Waals surface area contributed by atoms with E-state index in [4.69, 9.17) is 27.9 Å². The van der Waals surface area contributed by atoms with Crippen LogP contribution in [0.15, 0.2) is 42.5 Å². The third-order valence-electron chi connectivity index (χ3n) is 3.03. The zero-order chi connectivity index (χ0) is 14.8. The van der Waals surface area contributed by atoms with Gasteiger partial charge in [-0.2, -0.15) is 0 Å². The summed E-state index contributed by atoms with van der Waals surface area (Å²) in [4.78, 5) is 8.71. The first-order valence-corrected chi connectivity index (χ1v) is 7.31. The minimum atomic E-state index is 0.443. The maximum absolute atomic E-state index is 6.21. The lowest BCUT2D eigenvalue weighted by Gasteiger charge is -2.08. The number of benzene rings is 2. The molecule has 0 amide bonds. The molecule has 21 heavy (non-hydrogen) atoms. The highest BCUT2D eigenvalue weighted by molar-refractivity contribution is 6.34. The van der Waals surface area contributed by atoms with Crippen molar-refractivity contribution in [3.63, 3.8) is 0 Å². The van der Waals surface area contributed by atoms with Crippen LogP contribution >= 0.6 is 23.2 Å². The molecule has 3 nitrogen and oxygen atoms in total. The molecule has 0 aliphatic rings. The largest absolute Gasteiger partial charge is 0.457 e. The van der Waals surface area contributed by atoms with Crippen molar-refractivity contribution in [1.82, 2.24) is 9.97 Å². The summed E-state index contributed by atoms with van der Waals surface area (Å²) < 4.78 is 5.78. The molecule has 5 heteroatoms. The minimum absolute atomic E-state index is 0.443. The Morgan fingerprint density at radius 3 is 2.38 bits per heavy atom. The molecule has 0 saturated heterocycles. The highest BCUT2D eigenvalue weighted by Gasteiger charge is 2.07. The Bertz CT molecular complexity index is 788. The minimum Gasteiger partial charge on any atom is -0.457 e. The highest BCUT2D eigenvalue weighted by Crippen LogP contribution is 2.28. The SMILES string of the molecule is CCc1nc(Cl)c2cc(Oc3ccc(Cl)cc3)ccc2n1. The Balaban J connectivity index is 1.97. The molecular formula is C16H12Cl2N2O. The van der Waals surface area contributed by atoms with E-state index in [9.17, 15) is 0 Å². The van der Waals surface area contributed by atoms with Gasteiger partial charge in [-0.15, -0.1) is 0 Å². The van der Waals surface area contributed by atoms with Gasteiger partial charge in [-0.1, -0.05) is 30.1 Å². The van der Waals surface area contributed by atoms with Crippen molar-refractivity contribution < 1.29 is 4.74 Å². The first kappa shape index (κ1) is 14.1. The fourth-order valence-electron chi connectivity index (χ4n) is 1.98. The Hall–Kier alpha value is -1.84. The third-order valence-corrected chi connectivity index (χ3v) is 3.57. The molecule has 0 atom stereocenters. The predicted octanol–water partition coefficient (Wildman–Crippen LogP) is 5.29. The number of halogens is 2. The summed E-state index contributed by atoms with van der Waals surface area (Å²) in [5, 5.41) is 1.89. The maximum Gasteiger partial charge on any atom is 0.140 e. The Morgan fingerprint density at radius 1 is 0.952 bits per heavy atom. The number of aryl methyl sites for hydroxylation is 1. The second-order valence-electron chi connectivity index (χ2n) is 4.52. The number of hydrogen-bond acceptors (Lipinski definition) is 3. The van der Waals surface area contributed by atoms with Crippen LogP contribution in [-0.4, -0.2) is 9.97 Å². The van der Waals surface area contributed by atoms with E-state index >= 15 is 0 Å². The predicted molar refractivity (Wildman–Crippen MR) is 85.5 cm³/mol. The molecule has 0 spiro atoms. The zero-order valence-corrected chi connectivity index (χ0v) is 12.8. The summed E-state index contributed by atoms with van der Waals surface area (Å²) in [6.07, 6.45) is 0.749. The Kier molecular flexibility index (Phi) is 3.95. The second-order valence-corrected chi connectivity index (χ2v) is 5.31. The first-order valence-electron chi connectivity index (χ1n) is 6.55. The standard InChI is InChI=1S/C16H12Cl2N2O/c1-2-15-19-14-8-7-12(9-13(14)16(18)20-15)21-11-5-3-10(17)4-6-11/h3-9H,2H2,1H3. The summed E-state index contributed by atoms with van der Waals surface area (Å²) in [5.74, 6) is 2.12. The van der Waals surface area contributed by atoms with Crippen LogP contribution in [0, 0.1) is 0 Å². The molecule has 0 radical (unpaired) electrons. The number of rotatable bonds is 3. The zero-order valence-electron chi connectivity index (χ0n) is 11.3. The molecule has 0 fully saturated rings.